The lowest BCUT2D eigenvalue weighted by Gasteiger charge is -2.09. The summed E-state index contributed by atoms with van der Waals surface area (Å²) in [6.07, 6.45) is 3.37. The van der Waals surface area contributed by atoms with Gasteiger partial charge in [0.2, 0.25) is 0 Å². The van der Waals surface area contributed by atoms with Gasteiger partial charge in [-0.15, -0.1) is 0 Å². The average Bonchev–Trinajstić information content (AvgIpc) is 2.73. The van der Waals surface area contributed by atoms with E-state index in [0.717, 1.165) is 11.1 Å². The number of carbonyl (C=O) groups excluding carboxylic acids is 2. The maximum absolute atomic E-state index is 12.3. The number of hydrogen-bond acceptors (Lipinski definition) is 4. The summed E-state index contributed by atoms with van der Waals surface area (Å²) in [5.41, 5.74) is 2.57. The van der Waals surface area contributed by atoms with Gasteiger partial charge in [0.1, 0.15) is 5.75 Å². The van der Waals surface area contributed by atoms with Gasteiger partial charge < -0.3 is 21.1 Å². The van der Waals surface area contributed by atoms with Crippen LogP contribution in [0.3, 0.4) is 0 Å². The number of amides is 3. The highest BCUT2D eigenvalue weighted by molar-refractivity contribution is 6.05. The van der Waals surface area contributed by atoms with Crippen LogP contribution in [0.5, 0.6) is 5.75 Å². The summed E-state index contributed by atoms with van der Waals surface area (Å²) in [7, 11) is 0. The van der Waals surface area contributed by atoms with Crippen LogP contribution in [0.15, 0.2) is 73.1 Å². The van der Waals surface area contributed by atoms with E-state index in [4.69, 9.17) is 0 Å². The molecule has 2 aromatic carbocycles. The highest BCUT2D eigenvalue weighted by Crippen LogP contribution is 2.22. The number of carbonyl (C=O) groups is 2. The lowest BCUT2D eigenvalue weighted by Crippen LogP contribution is -2.34. The number of nitrogens with zero attached hydrogens (tertiary/aromatic N) is 1. The first-order chi connectivity index (χ1) is 13.6. The summed E-state index contributed by atoms with van der Waals surface area (Å²) in [4.78, 5) is 28.1. The molecule has 142 valence electrons. The zero-order valence-corrected chi connectivity index (χ0v) is 15.1. The molecule has 0 bridgehead atoms. The smallest absolute Gasteiger partial charge is 0.315 e. The van der Waals surface area contributed by atoms with Crippen molar-refractivity contribution >= 4 is 17.6 Å². The third-order valence-electron chi connectivity index (χ3n) is 4.00. The van der Waals surface area contributed by atoms with Gasteiger partial charge in [-0.05, 0) is 41.5 Å². The van der Waals surface area contributed by atoms with Gasteiger partial charge in [-0.3, -0.25) is 9.78 Å². The predicted octanol–water partition coefficient (Wildman–Crippen LogP) is 3.04. The van der Waals surface area contributed by atoms with Crippen molar-refractivity contribution in [3.05, 3.63) is 89.7 Å². The third-order valence-corrected chi connectivity index (χ3v) is 4.00. The molecule has 0 aliphatic rings. The van der Waals surface area contributed by atoms with E-state index in [1.165, 1.54) is 6.07 Å². The zero-order chi connectivity index (χ0) is 19.8. The summed E-state index contributed by atoms with van der Waals surface area (Å²) in [5.74, 6) is -0.316. The van der Waals surface area contributed by atoms with Crippen molar-refractivity contribution in [1.29, 1.82) is 0 Å². The Labute approximate surface area is 162 Å². The van der Waals surface area contributed by atoms with E-state index in [1.54, 1.807) is 54.9 Å². The first-order valence-corrected chi connectivity index (χ1v) is 8.71. The molecule has 0 fully saturated rings. The van der Waals surface area contributed by atoms with Crippen molar-refractivity contribution in [2.75, 3.05) is 5.32 Å². The van der Waals surface area contributed by atoms with E-state index in [-0.39, 0.29) is 17.7 Å². The van der Waals surface area contributed by atoms with Gasteiger partial charge in [0.25, 0.3) is 5.91 Å². The number of para-hydroxylation sites is 2. The van der Waals surface area contributed by atoms with Crippen molar-refractivity contribution < 1.29 is 14.7 Å². The van der Waals surface area contributed by atoms with E-state index in [1.807, 2.05) is 12.1 Å². The van der Waals surface area contributed by atoms with Crippen molar-refractivity contribution in [1.82, 2.24) is 15.6 Å². The van der Waals surface area contributed by atoms with Crippen molar-refractivity contribution in [2.24, 2.45) is 0 Å². The Morgan fingerprint density at radius 1 is 0.857 bits per heavy atom. The fraction of sp³-hybridized carbons (Fsp3) is 0.0952. The summed E-state index contributed by atoms with van der Waals surface area (Å²) in [6, 6.07) is 16.8. The van der Waals surface area contributed by atoms with Gasteiger partial charge in [-0.2, -0.15) is 0 Å². The Balaban J connectivity index is 1.48. The molecule has 0 spiro atoms. The molecule has 7 nitrogen and oxygen atoms in total. The van der Waals surface area contributed by atoms with Crippen LogP contribution in [0.1, 0.15) is 21.5 Å². The molecule has 3 rings (SSSR count). The number of nitrogens with one attached hydrogen (secondary N) is 3. The Bertz CT molecular complexity index is 943. The van der Waals surface area contributed by atoms with Gasteiger partial charge in [-0.25, -0.2) is 4.79 Å². The fourth-order valence-electron chi connectivity index (χ4n) is 2.48. The molecular weight excluding hydrogens is 356 g/mol. The first-order valence-electron chi connectivity index (χ1n) is 8.71. The second-order valence-electron chi connectivity index (χ2n) is 6.07. The normalized spacial score (nSPS) is 10.1. The first kappa shape index (κ1) is 18.9. The number of hydrogen-bond donors (Lipinski definition) is 4. The van der Waals surface area contributed by atoms with Crippen LogP contribution in [0, 0.1) is 0 Å². The number of benzene rings is 2. The van der Waals surface area contributed by atoms with Crippen molar-refractivity contribution in [2.45, 2.75) is 13.1 Å². The predicted molar refractivity (Wildman–Crippen MR) is 106 cm³/mol. The average molecular weight is 376 g/mol. The molecule has 0 atom stereocenters. The SMILES string of the molecule is O=C(NCc1ccc(C(=O)Nc2ccccc2O)cc1)NCc1cccnc1. The third kappa shape index (κ3) is 5.31. The van der Waals surface area contributed by atoms with Crippen molar-refractivity contribution in [3.63, 3.8) is 0 Å². The molecule has 4 N–H and O–H groups in total. The van der Waals surface area contributed by atoms with E-state index in [2.05, 4.69) is 20.9 Å². The summed E-state index contributed by atoms with van der Waals surface area (Å²) in [6.45, 7) is 0.728. The molecule has 0 saturated heterocycles. The lowest BCUT2D eigenvalue weighted by atomic mass is 10.1. The number of phenols is 1. The van der Waals surface area contributed by atoms with Crippen LogP contribution in [-0.4, -0.2) is 22.0 Å². The van der Waals surface area contributed by atoms with Gasteiger partial charge in [0, 0.05) is 31.0 Å². The van der Waals surface area contributed by atoms with E-state index in [9.17, 15) is 14.7 Å². The summed E-state index contributed by atoms with van der Waals surface area (Å²) in [5, 5.41) is 17.9. The molecule has 0 saturated carbocycles. The molecule has 7 heteroatoms. The Morgan fingerprint density at radius 2 is 1.57 bits per heavy atom. The number of urea groups is 1. The molecule has 0 unspecified atom stereocenters. The highest BCUT2D eigenvalue weighted by Gasteiger charge is 2.09. The van der Waals surface area contributed by atoms with Crippen LogP contribution in [0.25, 0.3) is 0 Å². The second kappa shape index (κ2) is 9.18. The van der Waals surface area contributed by atoms with E-state index >= 15 is 0 Å². The van der Waals surface area contributed by atoms with Crippen LogP contribution in [-0.2, 0) is 13.1 Å². The molecule has 0 radical (unpaired) electrons. The molecule has 28 heavy (non-hydrogen) atoms. The monoisotopic (exact) mass is 376 g/mol. The van der Waals surface area contributed by atoms with Gasteiger partial charge in [0.15, 0.2) is 0 Å². The summed E-state index contributed by atoms with van der Waals surface area (Å²) >= 11 is 0. The number of aromatic nitrogens is 1. The maximum atomic E-state index is 12.3. The van der Waals surface area contributed by atoms with Crippen LogP contribution in [0.2, 0.25) is 0 Å². The molecule has 0 aliphatic heterocycles. The molecular formula is C21H20N4O3. The van der Waals surface area contributed by atoms with Gasteiger partial charge in [-0.1, -0.05) is 30.3 Å². The molecule has 1 aromatic heterocycles. The minimum absolute atomic E-state index is 0.00830. The Kier molecular flexibility index (Phi) is 6.20. The lowest BCUT2D eigenvalue weighted by molar-refractivity contribution is 0.102. The number of anilines is 1. The quantitative estimate of drug-likeness (QED) is 0.497. The highest BCUT2D eigenvalue weighted by atomic mass is 16.3. The standard InChI is InChI=1S/C21H20N4O3/c26-19-6-2-1-5-18(19)25-20(27)17-9-7-15(8-10-17)13-23-21(28)24-14-16-4-3-11-22-12-16/h1-12,26H,13-14H2,(H,25,27)(H2,23,24,28). The minimum atomic E-state index is -0.324. The number of pyridine rings is 1. The number of rotatable bonds is 6. The molecule has 0 aliphatic carbocycles. The topological polar surface area (TPSA) is 103 Å². The fourth-order valence-corrected chi connectivity index (χ4v) is 2.48. The molecule has 1 heterocycles. The number of aromatic hydroxyl groups is 1. The molecule has 3 aromatic rings. The van der Waals surface area contributed by atoms with Gasteiger partial charge >= 0.3 is 6.03 Å². The number of phenolic OH excluding ortho intramolecular Hbond substituents is 1. The Morgan fingerprint density at radius 3 is 2.25 bits per heavy atom. The summed E-state index contributed by atoms with van der Waals surface area (Å²) < 4.78 is 0. The maximum Gasteiger partial charge on any atom is 0.315 e. The zero-order valence-electron chi connectivity index (χ0n) is 15.1. The van der Waals surface area contributed by atoms with Crippen LogP contribution >= 0.6 is 0 Å². The van der Waals surface area contributed by atoms with Crippen LogP contribution < -0.4 is 16.0 Å². The minimum Gasteiger partial charge on any atom is -0.506 e. The largest absolute Gasteiger partial charge is 0.506 e. The van der Waals surface area contributed by atoms with E-state index in [0.29, 0.717) is 24.3 Å². The Hall–Kier alpha value is -3.87. The van der Waals surface area contributed by atoms with Gasteiger partial charge in [0.05, 0.1) is 5.69 Å². The van der Waals surface area contributed by atoms with Crippen LogP contribution in [0.4, 0.5) is 10.5 Å². The second-order valence-corrected chi connectivity index (χ2v) is 6.07. The van der Waals surface area contributed by atoms with Crippen molar-refractivity contribution in [3.8, 4) is 5.75 Å². The molecule has 3 amide bonds. The van der Waals surface area contributed by atoms with E-state index < -0.39 is 0 Å².